The van der Waals surface area contributed by atoms with Gasteiger partial charge in [-0.05, 0) is 42.0 Å². The molecule has 0 saturated carbocycles. The van der Waals surface area contributed by atoms with E-state index >= 15 is 0 Å². The van der Waals surface area contributed by atoms with Crippen molar-refractivity contribution in [3.05, 3.63) is 54.1 Å². The zero-order valence-corrected chi connectivity index (χ0v) is 13.2. The van der Waals surface area contributed by atoms with Gasteiger partial charge < -0.3 is 14.6 Å². The highest BCUT2D eigenvalue weighted by Gasteiger charge is 2.21. The maximum absolute atomic E-state index is 12.3. The van der Waals surface area contributed by atoms with Gasteiger partial charge in [-0.1, -0.05) is 12.1 Å². The molecule has 118 valence electrons. The number of rotatable bonds is 6. The van der Waals surface area contributed by atoms with Gasteiger partial charge in [0.1, 0.15) is 11.5 Å². The lowest BCUT2D eigenvalue weighted by molar-refractivity contribution is 0.201. The Kier molecular flexibility index (Phi) is 5.05. The van der Waals surface area contributed by atoms with Crippen molar-refractivity contribution >= 4 is 9.84 Å². The van der Waals surface area contributed by atoms with Crippen molar-refractivity contribution in [3.63, 3.8) is 0 Å². The van der Waals surface area contributed by atoms with E-state index in [9.17, 15) is 13.5 Å². The van der Waals surface area contributed by atoms with Crippen molar-refractivity contribution in [2.75, 3.05) is 20.0 Å². The molecule has 0 heterocycles. The van der Waals surface area contributed by atoms with Crippen LogP contribution in [0.1, 0.15) is 11.7 Å². The highest BCUT2D eigenvalue weighted by Crippen LogP contribution is 2.23. The highest BCUT2D eigenvalue weighted by molar-refractivity contribution is 7.91. The van der Waals surface area contributed by atoms with Crippen LogP contribution in [-0.4, -0.2) is 33.5 Å². The predicted octanol–water partition coefficient (Wildman–Crippen LogP) is 2.21. The molecule has 0 aliphatic heterocycles. The van der Waals surface area contributed by atoms with Crippen molar-refractivity contribution in [1.82, 2.24) is 0 Å². The Morgan fingerprint density at radius 2 is 1.36 bits per heavy atom. The van der Waals surface area contributed by atoms with Gasteiger partial charge in [0.15, 0.2) is 9.84 Å². The summed E-state index contributed by atoms with van der Waals surface area (Å²) in [6.07, 6.45) is -1.10. The first-order valence-corrected chi connectivity index (χ1v) is 8.30. The molecule has 1 N–H and O–H groups in total. The Hall–Kier alpha value is -2.05. The van der Waals surface area contributed by atoms with E-state index < -0.39 is 15.9 Å². The fraction of sp³-hybridized carbons (Fsp3) is 0.250. The largest absolute Gasteiger partial charge is 0.497 e. The Morgan fingerprint density at radius 3 is 1.82 bits per heavy atom. The zero-order valence-electron chi connectivity index (χ0n) is 12.4. The first-order chi connectivity index (χ1) is 10.5. The molecule has 22 heavy (non-hydrogen) atoms. The van der Waals surface area contributed by atoms with E-state index in [-0.39, 0.29) is 10.6 Å². The number of aliphatic hydroxyl groups excluding tert-OH is 1. The van der Waals surface area contributed by atoms with E-state index in [1.54, 1.807) is 43.5 Å². The molecule has 0 amide bonds. The van der Waals surface area contributed by atoms with Crippen molar-refractivity contribution in [1.29, 1.82) is 0 Å². The average Bonchev–Trinajstić information content (AvgIpc) is 2.54. The van der Waals surface area contributed by atoms with Crippen LogP contribution in [0.15, 0.2) is 53.4 Å². The van der Waals surface area contributed by atoms with E-state index in [2.05, 4.69) is 0 Å². The Bertz CT molecular complexity index is 705. The highest BCUT2D eigenvalue weighted by atomic mass is 32.2. The van der Waals surface area contributed by atoms with Crippen molar-refractivity contribution < 1.29 is 23.0 Å². The van der Waals surface area contributed by atoms with Crippen LogP contribution in [-0.2, 0) is 9.84 Å². The van der Waals surface area contributed by atoms with Gasteiger partial charge in [0, 0.05) is 0 Å². The van der Waals surface area contributed by atoms with Crippen LogP contribution < -0.4 is 9.47 Å². The average molecular weight is 322 g/mol. The molecule has 2 rings (SSSR count). The van der Waals surface area contributed by atoms with Gasteiger partial charge in [-0.25, -0.2) is 8.42 Å². The van der Waals surface area contributed by atoms with E-state index in [4.69, 9.17) is 9.47 Å². The minimum absolute atomic E-state index is 0.154. The summed E-state index contributed by atoms with van der Waals surface area (Å²) >= 11 is 0. The molecule has 5 nitrogen and oxygen atoms in total. The molecule has 0 bridgehead atoms. The summed E-state index contributed by atoms with van der Waals surface area (Å²) in [5.41, 5.74) is 0.526. The molecular weight excluding hydrogens is 304 g/mol. The summed E-state index contributed by atoms with van der Waals surface area (Å²) in [4.78, 5) is 0.154. The van der Waals surface area contributed by atoms with Crippen LogP contribution in [0.3, 0.4) is 0 Å². The third-order valence-corrected chi connectivity index (χ3v) is 5.04. The van der Waals surface area contributed by atoms with Gasteiger partial charge in [-0.2, -0.15) is 0 Å². The van der Waals surface area contributed by atoms with Gasteiger partial charge in [0.2, 0.25) is 0 Å². The Labute approximate surface area is 130 Å². The summed E-state index contributed by atoms with van der Waals surface area (Å²) in [7, 11) is -0.533. The van der Waals surface area contributed by atoms with Gasteiger partial charge in [0.05, 0.1) is 31.0 Å². The molecule has 0 saturated heterocycles. The summed E-state index contributed by atoms with van der Waals surface area (Å²) in [6.45, 7) is 0. The first kappa shape index (κ1) is 16.3. The van der Waals surface area contributed by atoms with Crippen LogP contribution in [0, 0.1) is 0 Å². The summed E-state index contributed by atoms with van der Waals surface area (Å²) in [5, 5.41) is 10.1. The number of aliphatic hydroxyl groups is 1. The fourth-order valence-corrected chi connectivity index (χ4v) is 3.36. The minimum Gasteiger partial charge on any atom is -0.497 e. The van der Waals surface area contributed by atoms with E-state index in [0.29, 0.717) is 17.1 Å². The molecular formula is C16H18O5S. The normalized spacial score (nSPS) is 12.7. The predicted molar refractivity (Wildman–Crippen MR) is 83.0 cm³/mol. The topological polar surface area (TPSA) is 72.8 Å². The Balaban J connectivity index is 2.15. The smallest absolute Gasteiger partial charge is 0.181 e. The van der Waals surface area contributed by atoms with Crippen molar-refractivity contribution in [2.24, 2.45) is 0 Å². The number of benzene rings is 2. The molecule has 0 aliphatic carbocycles. The van der Waals surface area contributed by atoms with Crippen LogP contribution in [0.4, 0.5) is 0 Å². The Morgan fingerprint density at radius 1 is 0.909 bits per heavy atom. The van der Waals surface area contributed by atoms with Crippen LogP contribution in [0.25, 0.3) is 0 Å². The fourth-order valence-electron chi connectivity index (χ4n) is 2.01. The molecule has 1 unspecified atom stereocenters. The van der Waals surface area contributed by atoms with Gasteiger partial charge in [-0.15, -0.1) is 0 Å². The van der Waals surface area contributed by atoms with E-state index in [1.165, 1.54) is 19.2 Å². The standard InChI is InChI=1S/C16H18O5S/c1-20-13-5-3-12(4-6-13)16(17)11-22(18,19)15-9-7-14(21-2)8-10-15/h3-10,16-17H,11H2,1-2H3. The third-order valence-electron chi connectivity index (χ3n) is 3.30. The van der Waals surface area contributed by atoms with Gasteiger partial charge >= 0.3 is 0 Å². The monoisotopic (exact) mass is 322 g/mol. The summed E-state index contributed by atoms with van der Waals surface area (Å²) in [5.74, 6) is 0.842. The lowest BCUT2D eigenvalue weighted by Gasteiger charge is -2.12. The molecule has 0 fully saturated rings. The molecule has 0 spiro atoms. The lowest BCUT2D eigenvalue weighted by atomic mass is 10.1. The van der Waals surface area contributed by atoms with Crippen molar-refractivity contribution in [3.8, 4) is 11.5 Å². The van der Waals surface area contributed by atoms with Crippen LogP contribution in [0.2, 0.25) is 0 Å². The SMILES string of the molecule is COc1ccc(C(O)CS(=O)(=O)c2ccc(OC)cc2)cc1. The van der Waals surface area contributed by atoms with Crippen molar-refractivity contribution in [2.45, 2.75) is 11.0 Å². The lowest BCUT2D eigenvalue weighted by Crippen LogP contribution is -2.14. The molecule has 0 aliphatic rings. The van der Waals surface area contributed by atoms with Crippen LogP contribution >= 0.6 is 0 Å². The minimum atomic E-state index is -3.59. The second-order valence-electron chi connectivity index (χ2n) is 4.75. The van der Waals surface area contributed by atoms with E-state index in [1.807, 2.05) is 0 Å². The molecule has 0 aromatic heterocycles. The molecule has 2 aromatic rings. The maximum Gasteiger partial charge on any atom is 0.181 e. The van der Waals surface area contributed by atoms with E-state index in [0.717, 1.165) is 0 Å². The van der Waals surface area contributed by atoms with Gasteiger partial charge in [-0.3, -0.25) is 0 Å². The molecule has 2 aromatic carbocycles. The molecule has 0 radical (unpaired) electrons. The molecule has 6 heteroatoms. The second-order valence-corrected chi connectivity index (χ2v) is 6.78. The zero-order chi connectivity index (χ0) is 16.2. The van der Waals surface area contributed by atoms with Gasteiger partial charge in [0.25, 0.3) is 0 Å². The number of hydrogen-bond donors (Lipinski definition) is 1. The summed E-state index contributed by atoms with van der Waals surface area (Å²) in [6, 6.07) is 12.7. The number of ether oxygens (including phenoxy) is 2. The first-order valence-electron chi connectivity index (χ1n) is 6.65. The number of hydrogen-bond acceptors (Lipinski definition) is 5. The third kappa shape index (κ3) is 3.78. The number of sulfone groups is 1. The maximum atomic E-state index is 12.3. The summed E-state index contributed by atoms with van der Waals surface area (Å²) < 4.78 is 34.7. The van der Waals surface area contributed by atoms with Crippen LogP contribution in [0.5, 0.6) is 11.5 Å². The quantitative estimate of drug-likeness (QED) is 0.883. The second kappa shape index (κ2) is 6.81. The number of methoxy groups -OCH3 is 2. The molecule has 1 atom stereocenters.